The first kappa shape index (κ1) is 8.74. The second-order valence-corrected chi connectivity index (χ2v) is 2.41. The summed E-state index contributed by atoms with van der Waals surface area (Å²) < 4.78 is 0. The van der Waals surface area contributed by atoms with Crippen LogP contribution in [-0.4, -0.2) is 12.5 Å². The Bertz CT molecular complexity index is 284. The summed E-state index contributed by atoms with van der Waals surface area (Å²) in [6.45, 7) is 3.75. The topological polar surface area (TPSA) is 55.1 Å². The largest absolute Gasteiger partial charge is 0.325 e. The van der Waals surface area contributed by atoms with Gasteiger partial charge in [-0.15, -0.1) is 0 Å². The van der Waals surface area contributed by atoms with Gasteiger partial charge in [-0.2, -0.15) is 0 Å². The van der Waals surface area contributed by atoms with Crippen LogP contribution in [0.25, 0.3) is 0 Å². The van der Waals surface area contributed by atoms with E-state index in [0.29, 0.717) is 5.69 Å². The third-order valence-electron chi connectivity index (χ3n) is 1.48. The van der Waals surface area contributed by atoms with Crippen LogP contribution in [0.2, 0.25) is 0 Å². The maximum absolute atomic E-state index is 10.9. The van der Waals surface area contributed by atoms with Gasteiger partial charge in [-0.25, -0.2) is 0 Å². The maximum atomic E-state index is 10.9. The van der Waals surface area contributed by atoms with Gasteiger partial charge in [0.05, 0.1) is 6.54 Å². The van der Waals surface area contributed by atoms with Crippen molar-refractivity contribution < 1.29 is 4.79 Å². The molecule has 12 heavy (non-hydrogen) atoms. The standard InChI is InChI=1S/C9H11N2O/c1-7-4-2-3-5-8(7)11-9(12)6-10/h2-5H,1,6,10H2,(H,11,12). The smallest absolute Gasteiger partial charge is 0.238 e. The zero-order valence-corrected chi connectivity index (χ0v) is 6.71. The zero-order valence-electron chi connectivity index (χ0n) is 6.71. The van der Waals surface area contributed by atoms with Crippen molar-refractivity contribution in [3.8, 4) is 0 Å². The third kappa shape index (κ3) is 2.07. The first-order valence-corrected chi connectivity index (χ1v) is 3.65. The van der Waals surface area contributed by atoms with Gasteiger partial charge in [0.25, 0.3) is 0 Å². The molecule has 1 aromatic rings. The van der Waals surface area contributed by atoms with Gasteiger partial charge in [0, 0.05) is 5.69 Å². The fourth-order valence-electron chi connectivity index (χ4n) is 0.843. The zero-order chi connectivity index (χ0) is 8.97. The third-order valence-corrected chi connectivity index (χ3v) is 1.48. The normalized spacial score (nSPS) is 9.50. The molecule has 0 aliphatic carbocycles. The Hall–Kier alpha value is -1.35. The van der Waals surface area contributed by atoms with Gasteiger partial charge in [0.2, 0.25) is 5.91 Å². The summed E-state index contributed by atoms with van der Waals surface area (Å²) >= 11 is 0. The molecule has 0 saturated heterocycles. The fraction of sp³-hybridized carbons (Fsp3) is 0.111. The van der Waals surface area contributed by atoms with Crippen LogP contribution in [0.3, 0.4) is 0 Å². The molecule has 0 aromatic heterocycles. The molecule has 0 aliphatic rings. The molecule has 63 valence electrons. The van der Waals surface area contributed by atoms with Crippen LogP contribution in [0, 0.1) is 6.92 Å². The van der Waals surface area contributed by atoms with Gasteiger partial charge in [0.15, 0.2) is 0 Å². The van der Waals surface area contributed by atoms with Crippen molar-refractivity contribution in [3.63, 3.8) is 0 Å². The molecule has 0 fully saturated rings. The van der Waals surface area contributed by atoms with Crippen molar-refractivity contribution in [3.05, 3.63) is 36.8 Å². The molecule has 1 radical (unpaired) electrons. The van der Waals surface area contributed by atoms with Gasteiger partial charge >= 0.3 is 0 Å². The molecule has 0 bridgehead atoms. The molecule has 0 saturated carbocycles. The summed E-state index contributed by atoms with van der Waals surface area (Å²) in [7, 11) is 0. The fourth-order valence-corrected chi connectivity index (χ4v) is 0.843. The molecule has 3 nitrogen and oxygen atoms in total. The minimum absolute atomic E-state index is 0.00562. The number of hydrogen-bond donors (Lipinski definition) is 2. The van der Waals surface area contributed by atoms with E-state index in [4.69, 9.17) is 5.73 Å². The van der Waals surface area contributed by atoms with Crippen LogP contribution in [-0.2, 0) is 4.79 Å². The quantitative estimate of drug-likeness (QED) is 0.676. The first-order chi connectivity index (χ1) is 5.74. The molecular weight excluding hydrogens is 152 g/mol. The van der Waals surface area contributed by atoms with Gasteiger partial charge in [-0.05, 0) is 18.6 Å². The van der Waals surface area contributed by atoms with Gasteiger partial charge in [-0.1, -0.05) is 18.2 Å². The van der Waals surface area contributed by atoms with Crippen molar-refractivity contribution in [2.45, 2.75) is 0 Å². The Kier molecular flexibility index (Phi) is 2.82. The molecule has 1 rings (SSSR count). The lowest BCUT2D eigenvalue weighted by Crippen LogP contribution is -2.22. The van der Waals surface area contributed by atoms with Gasteiger partial charge in [-0.3, -0.25) is 4.79 Å². The lowest BCUT2D eigenvalue weighted by molar-refractivity contribution is -0.114. The summed E-state index contributed by atoms with van der Waals surface area (Å²) in [4.78, 5) is 10.9. The molecular formula is C9H11N2O. The molecule has 1 aromatic carbocycles. The lowest BCUT2D eigenvalue weighted by Gasteiger charge is -2.05. The monoisotopic (exact) mass is 163 g/mol. The summed E-state index contributed by atoms with van der Waals surface area (Å²) in [6.07, 6.45) is 0. The Labute approximate surface area is 71.6 Å². The predicted molar refractivity (Wildman–Crippen MR) is 48.6 cm³/mol. The number of rotatable bonds is 2. The molecule has 0 unspecified atom stereocenters. The van der Waals surface area contributed by atoms with Crippen LogP contribution in [0.15, 0.2) is 24.3 Å². The second-order valence-electron chi connectivity index (χ2n) is 2.41. The Balaban J connectivity index is 2.75. The molecule has 0 spiro atoms. The summed E-state index contributed by atoms with van der Waals surface area (Å²) in [6, 6.07) is 7.31. The average Bonchev–Trinajstić information content (AvgIpc) is 2.09. The van der Waals surface area contributed by atoms with Crippen LogP contribution < -0.4 is 11.1 Å². The van der Waals surface area contributed by atoms with E-state index in [1.54, 1.807) is 6.07 Å². The Morgan fingerprint density at radius 2 is 2.17 bits per heavy atom. The highest BCUT2D eigenvalue weighted by molar-refractivity contribution is 5.92. The molecule has 0 aliphatic heterocycles. The lowest BCUT2D eigenvalue weighted by atomic mass is 10.2. The number of nitrogens with two attached hydrogens (primary N) is 1. The number of benzene rings is 1. The predicted octanol–water partition coefficient (Wildman–Crippen LogP) is 0.766. The first-order valence-electron chi connectivity index (χ1n) is 3.65. The maximum Gasteiger partial charge on any atom is 0.238 e. The number of carbonyl (C=O) groups excluding carboxylic acids is 1. The number of para-hydroxylation sites is 1. The second kappa shape index (κ2) is 3.88. The molecule has 3 heteroatoms. The summed E-state index contributed by atoms with van der Waals surface area (Å²) in [5.74, 6) is -0.203. The van der Waals surface area contributed by atoms with Crippen LogP contribution >= 0.6 is 0 Å². The molecule has 0 heterocycles. The highest BCUT2D eigenvalue weighted by Crippen LogP contribution is 2.12. The van der Waals surface area contributed by atoms with E-state index in [-0.39, 0.29) is 12.5 Å². The Morgan fingerprint density at radius 3 is 2.75 bits per heavy atom. The van der Waals surface area contributed by atoms with Crippen LogP contribution in [0.1, 0.15) is 5.56 Å². The minimum Gasteiger partial charge on any atom is -0.325 e. The molecule has 0 atom stereocenters. The van der Waals surface area contributed by atoms with E-state index in [0.717, 1.165) is 5.56 Å². The van der Waals surface area contributed by atoms with Crippen molar-refractivity contribution in [1.82, 2.24) is 0 Å². The number of nitrogens with one attached hydrogen (secondary N) is 1. The van der Waals surface area contributed by atoms with Crippen molar-refractivity contribution >= 4 is 11.6 Å². The highest BCUT2D eigenvalue weighted by Gasteiger charge is 1.99. The van der Waals surface area contributed by atoms with Crippen LogP contribution in [0.4, 0.5) is 5.69 Å². The van der Waals surface area contributed by atoms with E-state index in [1.807, 2.05) is 18.2 Å². The van der Waals surface area contributed by atoms with Gasteiger partial charge in [0.1, 0.15) is 0 Å². The number of hydrogen-bond acceptors (Lipinski definition) is 2. The summed E-state index contributed by atoms with van der Waals surface area (Å²) in [5.41, 5.74) is 6.64. The van der Waals surface area contributed by atoms with Crippen molar-refractivity contribution in [1.29, 1.82) is 0 Å². The van der Waals surface area contributed by atoms with E-state index >= 15 is 0 Å². The van der Waals surface area contributed by atoms with E-state index in [1.165, 1.54) is 0 Å². The summed E-state index contributed by atoms with van der Waals surface area (Å²) in [5, 5.41) is 2.63. The average molecular weight is 163 g/mol. The SMILES string of the molecule is [CH2]c1ccccc1NC(=O)CN. The Morgan fingerprint density at radius 1 is 1.50 bits per heavy atom. The molecule has 3 N–H and O–H groups in total. The number of anilines is 1. The van der Waals surface area contributed by atoms with E-state index in [9.17, 15) is 4.79 Å². The van der Waals surface area contributed by atoms with Crippen molar-refractivity contribution in [2.75, 3.05) is 11.9 Å². The van der Waals surface area contributed by atoms with Crippen molar-refractivity contribution in [2.24, 2.45) is 5.73 Å². The highest BCUT2D eigenvalue weighted by atomic mass is 16.1. The van der Waals surface area contributed by atoms with Gasteiger partial charge < -0.3 is 11.1 Å². The van der Waals surface area contributed by atoms with E-state index in [2.05, 4.69) is 12.2 Å². The number of carbonyl (C=O) groups is 1. The number of amides is 1. The van der Waals surface area contributed by atoms with E-state index < -0.39 is 0 Å². The minimum atomic E-state index is -0.203. The molecule has 1 amide bonds. The van der Waals surface area contributed by atoms with Crippen LogP contribution in [0.5, 0.6) is 0 Å².